The zero-order valence-electron chi connectivity index (χ0n) is 3.46. The lowest BCUT2D eigenvalue weighted by molar-refractivity contribution is 0.977. The van der Waals surface area contributed by atoms with E-state index in [-0.39, 0.29) is 0 Å². The molecule has 0 aromatic rings. The normalized spacial score (nSPS) is 18.7. The summed E-state index contributed by atoms with van der Waals surface area (Å²) in [7, 11) is 0. The van der Waals surface area contributed by atoms with E-state index < -0.39 is 0 Å². The molecular weight excluding hydrogens is 76.1 g/mol. The third-order valence-corrected chi connectivity index (χ3v) is 0.636. The summed E-state index contributed by atoms with van der Waals surface area (Å²) in [6.45, 7) is 1.74. The lowest BCUT2D eigenvalue weighted by Crippen LogP contribution is -1.94. The van der Waals surface area contributed by atoms with Crippen LogP contribution in [0.3, 0.4) is 0 Å². The molecule has 0 radical (unpaired) electrons. The fourth-order valence-electron chi connectivity index (χ4n) is 0.359. The van der Waals surface area contributed by atoms with Crippen molar-refractivity contribution < 1.29 is 0 Å². The molecule has 0 amide bonds. The van der Waals surface area contributed by atoms with Gasteiger partial charge in [-0.25, -0.2) is 0 Å². The number of hydrogen-bond acceptors (Lipinski definition) is 2. The molecule has 0 aliphatic carbocycles. The number of aliphatic imine (C=N–C) groups is 2. The van der Waals surface area contributed by atoms with Gasteiger partial charge in [0, 0.05) is 12.4 Å². The third kappa shape index (κ3) is 0.641. The molecule has 2 nitrogen and oxygen atoms in total. The van der Waals surface area contributed by atoms with Gasteiger partial charge in [0.15, 0.2) is 0 Å². The first-order valence-corrected chi connectivity index (χ1v) is 1.98. The second-order valence-corrected chi connectivity index (χ2v) is 1.11. The fraction of sp³-hybridized carbons (Fsp3) is 0.500. The van der Waals surface area contributed by atoms with Gasteiger partial charge in [-0.05, 0) is 0 Å². The van der Waals surface area contributed by atoms with Crippen molar-refractivity contribution in [3.63, 3.8) is 0 Å². The Morgan fingerprint density at radius 3 is 1.67 bits per heavy atom. The number of hydrogen-bond donors (Lipinski definition) is 0. The van der Waals surface area contributed by atoms with Crippen molar-refractivity contribution >= 4 is 12.4 Å². The van der Waals surface area contributed by atoms with Crippen LogP contribution in [0.25, 0.3) is 0 Å². The molecule has 0 atom stereocenters. The highest BCUT2D eigenvalue weighted by Crippen LogP contribution is 1.74. The van der Waals surface area contributed by atoms with E-state index in [4.69, 9.17) is 0 Å². The quantitative estimate of drug-likeness (QED) is 0.397. The Hall–Kier alpha value is -0.660. The molecule has 0 aromatic carbocycles. The topological polar surface area (TPSA) is 24.7 Å². The molecule has 2 heteroatoms. The molecule has 1 aliphatic rings. The lowest BCUT2D eigenvalue weighted by atomic mass is 10.6. The van der Waals surface area contributed by atoms with Crippen molar-refractivity contribution in [3.8, 4) is 0 Å². The third-order valence-electron chi connectivity index (χ3n) is 0.636. The van der Waals surface area contributed by atoms with Crippen LogP contribution in [-0.4, -0.2) is 25.5 Å². The maximum atomic E-state index is 3.90. The predicted octanol–water partition coefficient (Wildman–Crippen LogP) is 0.142. The lowest BCUT2D eigenvalue weighted by Gasteiger charge is -1.89. The van der Waals surface area contributed by atoms with Crippen molar-refractivity contribution in [1.82, 2.24) is 0 Å². The zero-order chi connectivity index (χ0) is 4.24. The van der Waals surface area contributed by atoms with Crippen molar-refractivity contribution in [1.29, 1.82) is 0 Å². The van der Waals surface area contributed by atoms with Crippen LogP contribution in [0.4, 0.5) is 0 Å². The standard InChI is InChI=1S/C4H6N2/c1-2-6-4-3-5-1/h1-2H,3-4H2. The molecule has 0 bridgehead atoms. The number of nitrogens with zero attached hydrogens (tertiary/aromatic N) is 2. The second kappa shape index (κ2) is 1.70. The molecular formula is C4H6N2. The van der Waals surface area contributed by atoms with E-state index in [2.05, 4.69) is 9.98 Å². The first kappa shape index (κ1) is 3.53. The fourth-order valence-corrected chi connectivity index (χ4v) is 0.359. The van der Waals surface area contributed by atoms with Gasteiger partial charge in [-0.3, -0.25) is 9.98 Å². The smallest absolute Gasteiger partial charge is 0.0585 e. The summed E-state index contributed by atoms with van der Waals surface area (Å²) in [5.41, 5.74) is 0. The second-order valence-electron chi connectivity index (χ2n) is 1.11. The van der Waals surface area contributed by atoms with Crippen LogP contribution in [0.2, 0.25) is 0 Å². The van der Waals surface area contributed by atoms with Crippen LogP contribution >= 0.6 is 0 Å². The highest BCUT2D eigenvalue weighted by Gasteiger charge is 1.78. The Bertz CT molecular complexity index is 71.5. The van der Waals surface area contributed by atoms with E-state index in [0.29, 0.717) is 0 Å². The van der Waals surface area contributed by atoms with Crippen LogP contribution in [0.1, 0.15) is 0 Å². The minimum Gasteiger partial charge on any atom is -0.290 e. The number of rotatable bonds is 0. The Morgan fingerprint density at radius 1 is 1.00 bits per heavy atom. The molecule has 0 N–H and O–H groups in total. The van der Waals surface area contributed by atoms with E-state index in [0.717, 1.165) is 13.1 Å². The molecule has 1 aliphatic heterocycles. The van der Waals surface area contributed by atoms with Gasteiger partial charge < -0.3 is 0 Å². The Balaban J connectivity index is 2.46. The molecule has 0 fully saturated rings. The van der Waals surface area contributed by atoms with Crippen molar-refractivity contribution in [2.24, 2.45) is 9.98 Å². The molecule has 0 saturated heterocycles. The van der Waals surface area contributed by atoms with Gasteiger partial charge in [-0.2, -0.15) is 0 Å². The average molecular weight is 82.1 g/mol. The largest absolute Gasteiger partial charge is 0.290 e. The maximum Gasteiger partial charge on any atom is 0.0585 e. The SMILES string of the molecule is C1=NCCN=C1. The summed E-state index contributed by atoms with van der Waals surface area (Å²) in [6.07, 6.45) is 3.45. The van der Waals surface area contributed by atoms with Crippen LogP contribution in [-0.2, 0) is 0 Å². The molecule has 32 valence electrons. The summed E-state index contributed by atoms with van der Waals surface area (Å²) in [5, 5.41) is 0. The van der Waals surface area contributed by atoms with Crippen molar-refractivity contribution in [3.05, 3.63) is 0 Å². The molecule has 1 rings (SSSR count). The average Bonchev–Trinajstić information content (AvgIpc) is 1.72. The van der Waals surface area contributed by atoms with Crippen LogP contribution in [0.5, 0.6) is 0 Å². The molecule has 0 spiro atoms. The summed E-state index contributed by atoms with van der Waals surface area (Å²) < 4.78 is 0. The van der Waals surface area contributed by atoms with Gasteiger partial charge in [-0.15, -0.1) is 0 Å². The minimum absolute atomic E-state index is 0.872. The van der Waals surface area contributed by atoms with Gasteiger partial charge in [0.1, 0.15) is 0 Å². The molecule has 6 heavy (non-hydrogen) atoms. The Labute approximate surface area is 36.6 Å². The first-order chi connectivity index (χ1) is 3.00. The van der Waals surface area contributed by atoms with E-state index in [1.54, 1.807) is 12.4 Å². The van der Waals surface area contributed by atoms with Crippen LogP contribution in [0, 0.1) is 0 Å². The van der Waals surface area contributed by atoms with Gasteiger partial charge in [-0.1, -0.05) is 0 Å². The van der Waals surface area contributed by atoms with Crippen molar-refractivity contribution in [2.75, 3.05) is 13.1 Å². The summed E-state index contributed by atoms with van der Waals surface area (Å²) in [6, 6.07) is 0. The van der Waals surface area contributed by atoms with Gasteiger partial charge in [0.2, 0.25) is 0 Å². The molecule has 0 aromatic heterocycles. The van der Waals surface area contributed by atoms with Crippen molar-refractivity contribution in [2.45, 2.75) is 0 Å². The van der Waals surface area contributed by atoms with Gasteiger partial charge in [0.05, 0.1) is 13.1 Å². The maximum absolute atomic E-state index is 3.90. The van der Waals surface area contributed by atoms with E-state index in [1.165, 1.54) is 0 Å². The highest BCUT2D eigenvalue weighted by molar-refractivity contribution is 6.16. The summed E-state index contributed by atoms with van der Waals surface area (Å²) >= 11 is 0. The van der Waals surface area contributed by atoms with E-state index in [9.17, 15) is 0 Å². The summed E-state index contributed by atoms with van der Waals surface area (Å²) in [5.74, 6) is 0. The van der Waals surface area contributed by atoms with Gasteiger partial charge >= 0.3 is 0 Å². The minimum atomic E-state index is 0.872. The van der Waals surface area contributed by atoms with E-state index in [1.807, 2.05) is 0 Å². The first-order valence-electron chi connectivity index (χ1n) is 1.98. The summed E-state index contributed by atoms with van der Waals surface area (Å²) in [4.78, 5) is 7.81. The molecule has 0 saturated carbocycles. The van der Waals surface area contributed by atoms with Crippen LogP contribution in [0.15, 0.2) is 9.98 Å². The predicted molar refractivity (Wildman–Crippen MR) is 26.7 cm³/mol. The van der Waals surface area contributed by atoms with Crippen LogP contribution < -0.4 is 0 Å². The van der Waals surface area contributed by atoms with E-state index >= 15 is 0 Å². The monoisotopic (exact) mass is 82.1 g/mol. The molecule has 0 unspecified atom stereocenters. The molecule has 1 heterocycles. The zero-order valence-corrected chi connectivity index (χ0v) is 3.46. The van der Waals surface area contributed by atoms with Gasteiger partial charge in [0.25, 0.3) is 0 Å². The highest BCUT2D eigenvalue weighted by atomic mass is 14.8. The Kier molecular flexibility index (Phi) is 0.998. The Morgan fingerprint density at radius 2 is 1.50 bits per heavy atom.